The van der Waals surface area contributed by atoms with Crippen molar-refractivity contribution in [1.29, 1.82) is 0 Å². The van der Waals surface area contributed by atoms with Crippen LogP contribution in [0.1, 0.15) is 29.8 Å². The van der Waals surface area contributed by atoms with E-state index in [1.807, 2.05) is 69.3 Å². The summed E-state index contributed by atoms with van der Waals surface area (Å²) in [6.45, 7) is 5.98. The van der Waals surface area contributed by atoms with Crippen LogP contribution in [0.4, 0.5) is 17.1 Å². The van der Waals surface area contributed by atoms with Gasteiger partial charge in [-0.2, -0.15) is 0 Å². The molecule has 0 unspecified atom stereocenters. The van der Waals surface area contributed by atoms with Crippen LogP contribution in [0, 0.1) is 6.92 Å². The van der Waals surface area contributed by atoms with Gasteiger partial charge in [-0.15, -0.1) is 0 Å². The minimum Gasteiger partial charge on any atom is -0.491 e. The van der Waals surface area contributed by atoms with E-state index in [1.165, 1.54) is 0 Å². The van der Waals surface area contributed by atoms with E-state index >= 15 is 0 Å². The van der Waals surface area contributed by atoms with Crippen molar-refractivity contribution in [3.8, 4) is 5.75 Å². The maximum Gasteiger partial charge on any atom is 0.257 e. The zero-order chi connectivity index (χ0) is 19.2. The average molecular weight is 361 g/mol. The second kappa shape index (κ2) is 8.36. The minimum absolute atomic E-state index is 0.111. The molecule has 2 aromatic carbocycles. The number of anilines is 3. The fourth-order valence-corrected chi connectivity index (χ4v) is 2.61. The van der Waals surface area contributed by atoms with Crippen LogP contribution in [0.15, 0.2) is 67.0 Å². The number of hydrogen-bond acceptors (Lipinski definition) is 4. The number of ether oxygens (including phenoxy) is 1. The third-order valence-electron chi connectivity index (χ3n) is 3.79. The Bertz CT molecular complexity index is 921. The molecule has 3 rings (SSSR count). The zero-order valence-corrected chi connectivity index (χ0v) is 15.7. The van der Waals surface area contributed by atoms with Crippen LogP contribution in [0.25, 0.3) is 0 Å². The van der Waals surface area contributed by atoms with Gasteiger partial charge in [-0.05, 0) is 68.8 Å². The molecule has 0 atom stereocenters. The lowest BCUT2D eigenvalue weighted by atomic mass is 10.2. The van der Waals surface area contributed by atoms with E-state index in [4.69, 9.17) is 4.74 Å². The van der Waals surface area contributed by atoms with E-state index < -0.39 is 0 Å². The van der Waals surface area contributed by atoms with Crippen LogP contribution in [0.3, 0.4) is 0 Å². The summed E-state index contributed by atoms with van der Waals surface area (Å²) in [5, 5.41) is 6.15. The monoisotopic (exact) mass is 361 g/mol. The highest BCUT2D eigenvalue weighted by Crippen LogP contribution is 2.20. The summed E-state index contributed by atoms with van der Waals surface area (Å²) >= 11 is 0. The summed E-state index contributed by atoms with van der Waals surface area (Å²) in [5.41, 5.74) is 4.05. The Hall–Kier alpha value is -3.34. The molecule has 138 valence electrons. The average Bonchev–Trinajstić information content (AvgIpc) is 2.63. The zero-order valence-electron chi connectivity index (χ0n) is 15.7. The van der Waals surface area contributed by atoms with Crippen LogP contribution >= 0.6 is 0 Å². The van der Waals surface area contributed by atoms with Crippen molar-refractivity contribution >= 4 is 23.0 Å². The highest BCUT2D eigenvalue weighted by atomic mass is 16.5. The first-order chi connectivity index (χ1) is 13.0. The van der Waals surface area contributed by atoms with Gasteiger partial charge >= 0.3 is 0 Å². The Kier molecular flexibility index (Phi) is 5.71. The summed E-state index contributed by atoms with van der Waals surface area (Å²) in [6, 6.07) is 17.1. The predicted octanol–water partition coefficient (Wildman–Crippen LogP) is 5.17. The third-order valence-corrected chi connectivity index (χ3v) is 3.79. The van der Waals surface area contributed by atoms with Gasteiger partial charge in [0.15, 0.2) is 0 Å². The lowest BCUT2D eigenvalue weighted by Gasteiger charge is -2.11. The normalized spacial score (nSPS) is 10.5. The first-order valence-electron chi connectivity index (χ1n) is 8.86. The number of hydrogen-bond donors (Lipinski definition) is 2. The molecule has 5 heteroatoms. The molecule has 0 radical (unpaired) electrons. The first kappa shape index (κ1) is 18.5. The van der Waals surface area contributed by atoms with Gasteiger partial charge in [0.1, 0.15) is 5.75 Å². The van der Waals surface area contributed by atoms with Gasteiger partial charge < -0.3 is 15.4 Å². The summed E-state index contributed by atoms with van der Waals surface area (Å²) in [6.07, 6.45) is 3.35. The molecule has 3 aromatic rings. The SMILES string of the molecule is Cc1cccc(Nc2cncc(C(=O)Nc3ccc(OC(C)C)cc3)c2)c1. The highest BCUT2D eigenvalue weighted by molar-refractivity contribution is 6.04. The van der Waals surface area contributed by atoms with Crippen molar-refractivity contribution in [2.24, 2.45) is 0 Å². The molecule has 5 nitrogen and oxygen atoms in total. The molecule has 0 spiro atoms. The summed E-state index contributed by atoms with van der Waals surface area (Å²) in [5.74, 6) is 0.557. The smallest absolute Gasteiger partial charge is 0.257 e. The van der Waals surface area contributed by atoms with E-state index in [0.717, 1.165) is 22.7 Å². The van der Waals surface area contributed by atoms with Gasteiger partial charge in [0.25, 0.3) is 5.91 Å². The molecule has 0 aliphatic heterocycles. The fourth-order valence-electron chi connectivity index (χ4n) is 2.61. The lowest BCUT2D eigenvalue weighted by molar-refractivity contribution is 0.102. The van der Waals surface area contributed by atoms with E-state index in [9.17, 15) is 4.79 Å². The second-order valence-electron chi connectivity index (χ2n) is 6.60. The number of carbonyl (C=O) groups excluding carboxylic acids is 1. The molecule has 0 saturated carbocycles. The largest absolute Gasteiger partial charge is 0.491 e. The van der Waals surface area contributed by atoms with E-state index in [0.29, 0.717) is 11.3 Å². The Morgan fingerprint density at radius 3 is 2.44 bits per heavy atom. The van der Waals surface area contributed by atoms with Crippen molar-refractivity contribution in [3.05, 3.63) is 78.1 Å². The lowest BCUT2D eigenvalue weighted by Crippen LogP contribution is -2.12. The van der Waals surface area contributed by atoms with Crippen LogP contribution in [-0.4, -0.2) is 17.0 Å². The van der Waals surface area contributed by atoms with Crippen LogP contribution in [0.2, 0.25) is 0 Å². The van der Waals surface area contributed by atoms with Crippen molar-refractivity contribution in [2.45, 2.75) is 26.9 Å². The Balaban J connectivity index is 1.68. The molecular weight excluding hydrogens is 338 g/mol. The minimum atomic E-state index is -0.215. The second-order valence-corrected chi connectivity index (χ2v) is 6.60. The molecular formula is C22H23N3O2. The van der Waals surface area contributed by atoms with Crippen LogP contribution in [-0.2, 0) is 0 Å². The molecule has 0 bridgehead atoms. The van der Waals surface area contributed by atoms with Crippen molar-refractivity contribution < 1.29 is 9.53 Å². The number of amides is 1. The quantitative estimate of drug-likeness (QED) is 0.635. The van der Waals surface area contributed by atoms with Gasteiger partial charge in [0.2, 0.25) is 0 Å². The topological polar surface area (TPSA) is 63.2 Å². The molecule has 0 saturated heterocycles. The summed E-state index contributed by atoms with van der Waals surface area (Å²) < 4.78 is 5.61. The molecule has 0 aliphatic carbocycles. The number of nitrogens with zero attached hydrogens (tertiary/aromatic N) is 1. The molecule has 1 aromatic heterocycles. The van der Waals surface area contributed by atoms with Crippen molar-refractivity contribution in [2.75, 3.05) is 10.6 Å². The third kappa shape index (κ3) is 5.31. The molecule has 0 fully saturated rings. The predicted molar refractivity (Wildman–Crippen MR) is 109 cm³/mol. The molecule has 2 N–H and O–H groups in total. The molecule has 0 aliphatic rings. The summed E-state index contributed by atoms with van der Waals surface area (Å²) in [7, 11) is 0. The molecule has 27 heavy (non-hydrogen) atoms. The molecule has 1 amide bonds. The number of nitrogens with one attached hydrogen (secondary N) is 2. The number of aryl methyl sites for hydroxylation is 1. The van der Waals surface area contributed by atoms with E-state index in [-0.39, 0.29) is 12.0 Å². The Labute approximate surface area is 159 Å². The summed E-state index contributed by atoms with van der Waals surface area (Å²) in [4.78, 5) is 16.7. The fraction of sp³-hybridized carbons (Fsp3) is 0.182. The number of benzene rings is 2. The Morgan fingerprint density at radius 1 is 0.963 bits per heavy atom. The number of aromatic nitrogens is 1. The Morgan fingerprint density at radius 2 is 1.74 bits per heavy atom. The van der Waals surface area contributed by atoms with E-state index in [2.05, 4.69) is 15.6 Å². The van der Waals surface area contributed by atoms with Gasteiger partial charge in [0, 0.05) is 17.6 Å². The standard InChI is InChI=1S/C22H23N3O2/c1-15(2)27-21-9-7-18(8-10-21)25-22(26)17-12-20(14-23-13-17)24-19-6-4-5-16(3)11-19/h4-15,24H,1-3H3,(H,25,26). The highest BCUT2D eigenvalue weighted by Gasteiger charge is 2.08. The maximum atomic E-state index is 12.5. The van der Waals surface area contributed by atoms with Gasteiger partial charge in [0.05, 0.1) is 23.6 Å². The number of pyridine rings is 1. The van der Waals surface area contributed by atoms with E-state index in [1.54, 1.807) is 18.5 Å². The maximum absolute atomic E-state index is 12.5. The van der Waals surface area contributed by atoms with Crippen LogP contribution < -0.4 is 15.4 Å². The number of rotatable bonds is 6. The first-order valence-corrected chi connectivity index (χ1v) is 8.86. The van der Waals surface area contributed by atoms with Gasteiger partial charge in [-0.1, -0.05) is 12.1 Å². The van der Waals surface area contributed by atoms with Crippen molar-refractivity contribution in [1.82, 2.24) is 4.98 Å². The van der Waals surface area contributed by atoms with Crippen molar-refractivity contribution in [3.63, 3.8) is 0 Å². The van der Waals surface area contributed by atoms with Crippen LogP contribution in [0.5, 0.6) is 5.75 Å². The number of carbonyl (C=O) groups is 1. The van der Waals surface area contributed by atoms with Gasteiger partial charge in [-0.3, -0.25) is 9.78 Å². The van der Waals surface area contributed by atoms with Gasteiger partial charge in [-0.25, -0.2) is 0 Å². The molecule has 1 heterocycles.